The predicted octanol–water partition coefficient (Wildman–Crippen LogP) is 2.55. The SMILES string of the molecule is O=C(N[C@@H](Cc1ccccc1)C(=O)[O-])c1cccc(-c2cc3ccccc3oc2=O)c1. The third-order valence-electron chi connectivity index (χ3n) is 4.95. The van der Waals surface area contributed by atoms with Gasteiger partial charge in [-0.2, -0.15) is 0 Å². The summed E-state index contributed by atoms with van der Waals surface area (Å²) in [6.45, 7) is 0. The van der Waals surface area contributed by atoms with E-state index in [4.69, 9.17) is 4.42 Å². The summed E-state index contributed by atoms with van der Waals surface area (Å²) in [6, 6.07) is 23.0. The summed E-state index contributed by atoms with van der Waals surface area (Å²) in [5.41, 5.74) is 1.76. The molecule has 0 fully saturated rings. The van der Waals surface area contributed by atoms with Gasteiger partial charge in [0, 0.05) is 10.9 Å². The molecule has 4 aromatic rings. The Hall–Kier alpha value is -4.19. The molecule has 154 valence electrons. The fourth-order valence-electron chi connectivity index (χ4n) is 3.38. The van der Waals surface area contributed by atoms with Crippen molar-refractivity contribution in [1.82, 2.24) is 5.32 Å². The van der Waals surface area contributed by atoms with E-state index in [0.29, 0.717) is 16.7 Å². The Morgan fingerprint density at radius 1 is 0.903 bits per heavy atom. The molecule has 0 aliphatic heterocycles. The number of hydrogen-bond donors (Lipinski definition) is 1. The zero-order valence-electron chi connectivity index (χ0n) is 16.4. The second-order valence-corrected chi connectivity index (χ2v) is 7.10. The summed E-state index contributed by atoms with van der Waals surface area (Å²) in [4.78, 5) is 36.7. The van der Waals surface area contributed by atoms with Gasteiger partial charge < -0.3 is 19.6 Å². The summed E-state index contributed by atoms with van der Waals surface area (Å²) in [5.74, 6) is -1.94. The number of carbonyl (C=O) groups is 2. The molecule has 6 heteroatoms. The molecule has 0 saturated carbocycles. The van der Waals surface area contributed by atoms with Crippen LogP contribution in [0.4, 0.5) is 0 Å². The van der Waals surface area contributed by atoms with Crippen LogP contribution in [0.3, 0.4) is 0 Å². The number of benzene rings is 3. The fraction of sp³-hybridized carbons (Fsp3) is 0.0800. The van der Waals surface area contributed by atoms with Crippen molar-refractivity contribution in [2.75, 3.05) is 0 Å². The normalized spacial score (nSPS) is 11.7. The monoisotopic (exact) mass is 412 g/mol. The van der Waals surface area contributed by atoms with Crippen molar-refractivity contribution >= 4 is 22.8 Å². The van der Waals surface area contributed by atoms with E-state index in [0.717, 1.165) is 10.9 Å². The van der Waals surface area contributed by atoms with Crippen molar-refractivity contribution in [3.05, 3.63) is 106 Å². The first-order chi connectivity index (χ1) is 15.0. The smallest absolute Gasteiger partial charge is 0.344 e. The van der Waals surface area contributed by atoms with Gasteiger partial charge in [-0.3, -0.25) is 4.79 Å². The second kappa shape index (κ2) is 8.67. The number of nitrogens with one attached hydrogen (secondary N) is 1. The largest absolute Gasteiger partial charge is 0.548 e. The number of hydrogen-bond acceptors (Lipinski definition) is 5. The predicted molar refractivity (Wildman–Crippen MR) is 114 cm³/mol. The number of carbonyl (C=O) groups excluding carboxylic acids is 2. The van der Waals surface area contributed by atoms with Crippen LogP contribution in [0.2, 0.25) is 0 Å². The lowest BCUT2D eigenvalue weighted by Gasteiger charge is -2.20. The quantitative estimate of drug-likeness (QED) is 0.491. The average Bonchev–Trinajstić information content (AvgIpc) is 2.79. The van der Waals surface area contributed by atoms with Gasteiger partial charge in [-0.05, 0) is 41.8 Å². The van der Waals surface area contributed by atoms with E-state index in [1.807, 2.05) is 18.2 Å². The number of rotatable bonds is 6. The highest BCUT2D eigenvalue weighted by Gasteiger charge is 2.17. The van der Waals surface area contributed by atoms with Crippen LogP contribution in [0.1, 0.15) is 15.9 Å². The van der Waals surface area contributed by atoms with Crippen LogP contribution in [-0.2, 0) is 11.2 Å². The van der Waals surface area contributed by atoms with E-state index in [1.165, 1.54) is 6.07 Å². The van der Waals surface area contributed by atoms with Crippen molar-refractivity contribution < 1.29 is 19.1 Å². The molecule has 0 radical (unpaired) electrons. The molecule has 1 atom stereocenters. The highest BCUT2D eigenvalue weighted by Crippen LogP contribution is 2.22. The molecular formula is C25H18NO5-. The van der Waals surface area contributed by atoms with Gasteiger partial charge in [-0.15, -0.1) is 0 Å². The molecule has 1 aromatic heterocycles. The Kier molecular flexibility index (Phi) is 5.62. The minimum atomic E-state index is -1.37. The number of carboxylic acids is 1. The molecule has 0 aliphatic carbocycles. The molecule has 4 rings (SSSR count). The van der Waals surface area contributed by atoms with E-state index in [-0.39, 0.29) is 12.0 Å². The van der Waals surface area contributed by atoms with Crippen LogP contribution in [-0.4, -0.2) is 17.9 Å². The number of amides is 1. The third-order valence-corrected chi connectivity index (χ3v) is 4.95. The molecule has 0 aliphatic rings. The lowest BCUT2D eigenvalue weighted by molar-refractivity contribution is -0.308. The summed E-state index contributed by atoms with van der Waals surface area (Å²) >= 11 is 0. The summed E-state index contributed by atoms with van der Waals surface area (Å²) in [5, 5.41) is 14.8. The van der Waals surface area contributed by atoms with Gasteiger partial charge in [0.2, 0.25) is 0 Å². The van der Waals surface area contributed by atoms with Crippen molar-refractivity contribution in [2.45, 2.75) is 12.5 Å². The Bertz CT molecular complexity index is 1310. The van der Waals surface area contributed by atoms with Crippen LogP contribution in [0.5, 0.6) is 0 Å². The fourth-order valence-corrected chi connectivity index (χ4v) is 3.38. The average molecular weight is 412 g/mol. The van der Waals surface area contributed by atoms with E-state index in [9.17, 15) is 19.5 Å². The molecule has 1 heterocycles. The summed E-state index contributed by atoms with van der Waals surface area (Å²) < 4.78 is 5.37. The standard InChI is InChI=1S/C25H19NO5/c27-23(26-21(24(28)29)13-16-7-2-1-3-8-16)19-11-6-10-17(14-19)20-15-18-9-4-5-12-22(18)31-25(20)30/h1-12,14-15,21H,13H2,(H,26,27)(H,28,29)/p-1/t21-/m0/s1. The first-order valence-corrected chi connectivity index (χ1v) is 9.70. The Balaban J connectivity index is 1.60. The summed E-state index contributed by atoms with van der Waals surface area (Å²) in [7, 11) is 0. The van der Waals surface area contributed by atoms with Crippen LogP contribution in [0.25, 0.3) is 22.1 Å². The maximum Gasteiger partial charge on any atom is 0.344 e. The maximum atomic E-state index is 12.7. The number of para-hydroxylation sites is 1. The molecular weight excluding hydrogens is 394 g/mol. The van der Waals surface area contributed by atoms with Gasteiger partial charge in [-0.1, -0.05) is 60.7 Å². The lowest BCUT2D eigenvalue weighted by atomic mass is 10.0. The highest BCUT2D eigenvalue weighted by molar-refractivity contribution is 5.97. The minimum Gasteiger partial charge on any atom is -0.548 e. The second-order valence-electron chi connectivity index (χ2n) is 7.10. The minimum absolute atomic E-state index is 0.100. The van der Waals surface area contributed by atoms with Gasteiger partial charge in [0.1, 0.15) is 5.58 Å². The van der Waals surface area contributed by atoms with Crippen LogP contribution >= 0.6 is 0 Å². The van der Waals surface area contributed by atoms with Gasteiger partial charge in [0.15, 0.2) is 0 Å². The van der Waals surface area contributed by atoms with Gasteiger partial charge >= 0.3 is 5.63 Å². The molecule has 0 unspecified atom stereocenters. The molecule has 1 N–H and O–H groups in total. The molecule has 31 heavy (non-hydrogen) atoms. The molecule has 6 nitrogen and oxygen atoms in total. The van der Waals surface area contributed by atoms with E-state index in [1.54, 1.807) is 60.7 Å². The van der Waals surface area contributed by atoms with E-state index >= 15 is 0 Å². The third kappa shape index (κ3) is 4.53. The first-order valence-electron chi connectivity index (χ1n) is 9.70. The van der Waals surface area contributed by atoms with Crippen molar-refractivity contribution in [3.8, 4) is 11.1 Å². The van der Waals surface area contributed by atoms with Gasteiger partial charge in [0.05, 0.1) is 17.6 Å². The van der Waals surface area contributed by atoms with E-state index < -0.39 is 23.5 Å². The maximum absolute atomic E-state index is 12.7. The van der Waals surface area contributed by atoms with Crippen molar-refractivity contribution in [2.24, 2.45) is 0 Å². The molecule has 0 bridgehead atoms. The number of carboxylic acid groups (broad SMARTS) is 1. The number of fused-ring (bicyclic) bond motifs is 1. The zero-order valence-corrected chi connectivity index (χ0v) is 16.4. The summed E-state index contributed by atoms with van der Waals surface area (Å²) in [6.07, 6.45) is 0.100. The Morgan fingerprint density at radius 3 is 2.42 bits per heavy atom. The Morgan fingerprint density at radius 2 is 1.65 bits per heavy atom. The van der Waals surface area contributed by atoms with Crippen LogP contribution in [0, 0.1) is 0 Å². The van der Waals surface area contributed by atoms with E-state index in [2.05, 4.69) is 5.32 Å². The van der Waals surface area contributed by atoms with Crippen molar-refractivity contribution in [3.63, 3.8) is 0 Å². The van der Waals surface area contributed by atoms with Crippen LogP contribution in [0.15, 0.2) is 94.1 Å². The highest BCUT2D eigenvalue weighted by atomic mass is 16.4. The van der Waals surface area contributed by atoms with Gasteiger partial charge in [0.25, 0.3) is 5.91 Å². The molecule has 0 spiro atoms. The van der Waals surface area contributed by atoms with Crippen molar-refractivity contribution in [1.29, 1.82) is 0 Å². The van der Waals surface area contributed by atoms with Gasteiger partial charge in [-0.25, -0.2) is 4.79 Å². The first kappa shape index (κ1) is 20.1. The van der Waals surface area contributed by atoms with Crippen LogP contribution < -0.4 is 16.0 Å². The zero-order chi connectivity index (χ0) is 21.8. The molecule has 1 amide bonds. The Labute approximate surface area is 177 Å². The molecule has 0 saturated heterocycles. The lowest BCUT2D eigenvalue weighted by Crippen LogP contribution is -2.49. The number of aliphatic carboxylic acids is 1. The molecule has 3 aromatic carbocycles. The topological polar surface area (TPSA) is 99.4 Å².